The molecule has 2 saturated heterocycles. The van der Waals surface area contributed by atoms with Crippen LogP contribution in [-0.2, 0) is 7.05 Å². The van der Waals surface area contributed by atoms with E-state index in [9.17, 15) is 18.3 Å². The van der Waals surface area contributed by atoms with E-state index < -0.39 is 12.3 Å². The van der Waals surface area contributed by atoms with Gasteiger partial charge in [0.15, 0.2) is 11.9 Å². The van der Waals surface area contributed by atoms with Crippen molar-refractivity contribution in [3.63, 3.8) is 0 Å². The van der Waals surface area contributed by atoms with Crippen LogP contribution in [0.4, 0.5) is 13.2 Å². The zero-order valence-corrected chi connectivity index (χ0v) is 20.8. The summed E-state index contributed by atoms with van der Waals surface area (Å²) >= 11 is 0. The summed E-state index contributed by atoms with van der Waals surface area (Å²) in [5, 5.41) is 18.4. The highest BCUT2D eigenvalue weighted by Gasteiger charge is 2.46. The topological polar surface area (TPSA) is 84.9 Å². The number of fused-ring (bicyclic) bond motifs is 2. The maximum Gasteiger partial charge on any atom is 0.415 e. The molecule has 2 aliphatic heterocycles. The largest absolute Gasteiger partial charge is 0.415 e. The second kappa shape index (κ2) is 9.63. The Morgan fingerprint density at radius 1 is 0.868 bits per heavy atom. The number of rotatable bonds is 6. The van der Waals surface area contributed by atoms with Crippen molar-refractivity contribution in [2.75, 3.05) is 6.54 Å². The first-order chi connectivity index (χ1) is 18.2. The minimum atomic E-state index is -4.59. The Labute approximate surface area is 217 Å². The van der Waals surface area contributed by atoms with E-state index >= 15 is 0 Å². The van der Waals surface area contributed by atoms with Gasteiger partial charge in [-0.2, -0.15) is 23.4 Å². The number of benzene rings is 1. The molecule has 4 atom stereocenters. The van der Waals surface area contributed by atoms with Crippen molar-refractivity contribution >= 4 is 0 Å². The smallest absolute Gasteiger partial charge is 0.382 e. The third kappa shape index (κ3) is 4.83. The highest BCUT2D eigenvalue weighted by Crippen LogP contribution is 2.41. The van der Waals surface area contributed by atoms with E-state index in [1.54, 1.807) is 23.3 Å². The number of piperidine rings is 1. The Hall–Kier alpha value is -3.57. The van der Waals surface area contributed by atoms with Gasteiger partial charge in [0.2, 0.25) is 0 Å². The lowest BCUT2D eigenvalue weighted by atomic mass is 9.97. The van der Waals surface area contributed by atoms with Crippen LogP contribution in [0.25, 0.3) is 33.6 Å². The fourth-order valence-corrected chi connectivity index (χ4v) is 5.78. The van der Waals surface area contributed by atoms with E-state index in [4.69, 9.17) is 0 Å². The summed E-state index contributed by atoms with van der Waals surface area (Å²) in [4.78, 5) is 11.0. The Morgan fingerprint density at radius 2 is 1.53 bits per heavy atom. The molecule has 38 heavy (non-hydrogen) atoms. The highest BCUT2D eigenvalue weighted by atomic mass is 19.4. The second-order valence-electron chi connectivity index (χ2n) is 10.3. The second-order valence-corrected chi connectivity index (χ2v) is 10.3. The van der Waals surface area contributed by atoms with Crippen LogP contribution in [0.2, 0.25) is 0 Å². The van der Waals surface area contributed by atoms with Gasteiger partial charge in [0, 0.05) is 72.7 Å². The summed E-state index contributed by atoms with van der Waals surface area (Å²) in [6, 6.07) is 8.16. The maximum atomic E-state index is 12.9. The van der Waals surface area contributed by atoms with E-state index in [1.807, 2.05) is 59.5 Å². The molecule has 0 aliphatic carbocycles. The minimum absolute atomic E-state index is 0.0217. The lowest BCUT2D eigenvalue weighted by molar-refractivity contribution is -0.210. The molecule has 0 amide bonds. The molecule has 2 bridgehead atoms. The quantitative estimate of drug-likeness (QED) is 0.401. The van der Waals surface area contributed by atoms with Gasteiger partial charge >= 0.3 is 6.18 Å². The van der Waals surface area contributed by atoms with Gasteiger partial charge < -0.3 is 5.11 Å². The molecule has 4 aromatic rings. The van der Waals surface area contributed by atoms with E-state index in [2.05, 4.69) is 20.2 Å². The van der Waals surface area contributed by atoms with Crippen LogP contribution in [0.5, 0.6) is 0 Å². The van der Waals surface area contributed by atoms with Crippen molar-refractivity contribution in [1.82, 2.24) is 34.4 Å². The average molecular weight is 524 g/mol. The number of aryl methyl sites for hydroxylation is 1. The summed E-state index contributed by atoms with van der Waals surface area (Å²) in [6.45, 7) is -0.356. The Bertz CT molecular complexity index is 1400. The van der Waals surface area contributed by atoms with Crippen molar-refractivity contribution in [1.29, 1.82) is 0 Å². The van der Waals surface area contributed by atoms with Gasteiger partial charge in [0.1, 0.15) is 0 Å². The first-order valence-electron chi connectivity index (χ1n) is 12.7. The van der Waals surface area contributed by atoms with Crippen molar-refractivity contribution < 1.29 is 18.3 Å². The molecule has 0 radical (unpaired) electrons. The molecule has 5 heterocycles. The summed E-state index contributed by atoms with van der Waals surface area (Å²) in [6.07, 6.45) is 7.31. The van der Waals surface area contributed by atoms with Gasteiger partial charge in [-0.05, 0) is 37.3 Å². The fraction of sp³-hybridized carbons (Fsp3) is 0.407. The van der Waals surface area contributed by atoms with Crippen molar-refractivity contribution in [2.45, 2.75) is 56.1 Å². The van der Waals surface area contributed by atoms with Crippen molar-refractivity contribution in [3.05, 3.63) is 61.4 Å². The fourth-order valence-electron chi connectivity index (χ4n) is 5.78. The Kier molecular flexibility index (Phi) is 6.27. The molecule has 11 heteroatoms. The van der Waals surface area contributed by atoms with Crippen LogP contribution in [0.1, 0.15) is 31.7 Å². The molecule has 0 saturated carbocycles. The van der Waals surface area contributed by atoms with Crippen LogP contribution in [0.15, 0.2) is 61.4 Å². The zero-order valence-electron chi connectivity index (χ0n) is 20.8. The number of halogens is 3. The van der Waals surface area contributed by atoms with E-state index in [0.717, 1.165) is 40.7 Å². The van der Waals surface area contributed by atoms with Gasteiger partial charge in [0.25, 0.3) is 0 Å². The molecule has 198 valence electrons. The first-order valence-corrected chi connectivity index (χ1v) is 12.7. The number of hydrogen-bond acceptors (Lipinski definition) is 6. The number of alkyl halides is 3. The van der Waals surface area contributed by atoms with Crippen LogP contribution in [0.3, 0.4) is 0 Å². The normalized spacial score (nSPS) is 22.6. The number of hydrogen-bond donors (Lipinski definition) is 1. The lowest BCUT2D eigenvalue weighted by Gasteiger charge is -2.40. The molecular weight excluding hydrogens is 495 g/mol. The third-order valence-corrected chi connectivity index (χ3v) is 7.74. The summed E-state index contributed by atoms with van der Waals surface area (Å²) in [7, 11) is 1.88. The molecule has 6 rings (SSSR count). The molecular formula is C27H28F3N7O. The van der Waals surface area contributed by atoms with Gasteiger partial charge in [-0.1, -0.05) is 18.2 Å². The molecule has 0 spiro atoms. The number of aromatic nitrogens is 6. The van der Waals surface area contributed by atoms with Crippen LogP contribution in [0, 0.1) is 0 Å². The molecule has 3 aromatic heterocycles. The molecule has 1 N–H and O–H groups in total. The van der Waals surface area contributed by atoms with Gasteiger partial charge in [-0.25, -0.2) is 9.97 Å². The van der Waals surface area contributed by atoms with Crippen LogP contribution < -0.4 is 0 Å². The number of aliphatic hydroxyl groups excluding tert-OH is 1. The predicted molar refractivity (Wildman–Crippen MR) is 135 cm³/mol. The first kappa shape index (κ1) is 24.7. The maximum absolute atomic E-state index is 12.9. The lowest BCUT2D eigenvalue weighted by Crippen LogP contribution is -2.49. The van der Waals surface area contributed by atoms with E-state index in [1.165, 1.54) is 0 Å². The van der Waals surface area contributed by atoms with E-state index in [-0.39, 0.29) is 24.7 Å². The summed E-state index contributed by atoms with van der Waals surface area (Å²) in [5.41, 5.74) is 4.71. The van der Waals surface area contributed by atoms with Crippen molar-refractivity contribution in [3.8, 4) is 33.6 Å². The number of aliphatic hydroxyl groups is 1. The van der Waals surface area contributed by atoms with Gasteiger partial charge in [0.05, 0.1) is 18.4 Å². The van der Waals surface area contributed by atoms with Crippen LogP contribution in [-0.4, -0.2) is 70.4 Å². The zero-order chi connectivity index (χ0) is 26.4. The summed E-state index contributed by atoms with van der Waals surface area (Å²) < 4.78 is 42.4. The third-order valence-electron chi connectivity index (χ3n) is 7.74. The molecule has 8 nitrogen and oxygen atoms in total. The molecule has 2 fully saturated rings. The standard InChI is InChI=1S/C27H28F3N7O/c1-35-14-20(12-33-35)17-3-2-4-18(7-17)26-31-10-19(11-32-26)21-13-34-37(15-21)24-8-22-5-6-23(9-24)36(22)16-25(38)27(28,29)30/h2-4,7,10-15,22-25,38H,5-6,8-9,16H2,1H3/t22-,23?,24?,25?/m0/s1. The SMILES string of the molecule is Cn1cc(-c2cccc(-c3ncc(-c4cnn(C5CC6CC[C@@H](C5)N6CC(O)C(F)(F)F)c4)cn3)c2)cn1. The monoisotopic (exact) mass is 523 g/mol. The Morgan fingerprint density at radius 3 is 2.18 bits per heavy atom. The van der Waals surface area contributed by atoms with Crippen LogP contribution >= 0.6 is 0 Å². The molecule has 1 aromatic carbocycles. The van der Waals surface area contributed by atoms with Gasteiger partial charge in [-0.15, -0.1) is 0 Å². The van der Waals surface area contributed by atoms with Gasteiger partial charge in [-0.3, -0.25) is 14.3 Å². The molecule has 2 aliphatic rings. The Balaban J connectivity index is 1.14. The highest BCUT2D eigenvalue weighted by molar-refractivity contribution is 5.70. The minimum Gasteiger partial charge on any atom is -0.382 e. The predicted octanol–water partition coefficient (Wildman–Crippen LogP) is 4.50. The molecule has 3 unspecified atom stereocenters. The van der Waals surface area contributed by atoms with Crippen molar-refractivity contribution in [2.24, 2.45) is 7.05 Å². The van der Waals surface area contributed by atoms with E-state index in [0.29, 0.717) is 18.7 Å². The average Bonchev–Trinajstić information content (AvgIpc) is 3.62. The summed E-state index contributed by atoms with van der Waals surface area (Å²) in [5.74, 6) is 0.622. The number of nitrogens with zero attached hydrogens (tertiary/aromatic N) is 7.